The number of nitrogens with two attached hydrogens (primary N) is 1. The van der Waals surface area contributed by atoms with E-state index < -0.39 is 18.1 Å². The third-order valence-electron chi connectivity index (χ3n) is 1.84. The lowest BCUT2D eigenvalue weighted by atomic mass is 10.2. The number of hydrogen-bond acceptors (Lipinski definition) is 4. The number of nitrogens with zero attached hydrogens (tertiary/aromatic N) is 1. The van der Waals surface area contributed by atoms with Gasteiger partial charge in [0.15, 0.2) is 0 Å². The summed E-state index contributed by atoms with van der Waals surface area (Å²) in [4.78, 5) is 23.4. The number of carboxylic acid groups (broad SMARTS) is 1. The van der Waals surface area contributed by atoms with Crippen molar-refractivity contribution in [3.63, 3.8) is 0 Å². The fourth-order valence-corrected chi connectivity index (χ4v) is 2.28. The van der Waals surface area contributed by atoms with E-state index in [9.17, 15) is 9.59 Å². The van der Waals surface area contributed by atoms with Crippen molar-refractivity contribution < 1.29 is 14.7 Å². The summed E-state index contributed by atoms with van der Waals surface area (Å²) in [5.74, 6) is -0.373. The van der Waals surface area contributed by atoms with Crippen molar-refractivity contribution in [1.29, 1.82) is 0 Å². The van der Waals surface area contributed by atoms with Crippen LogP contribution in [0, 0.1) is 0 Å². The minimum absolute atomic E-state index is 0.294. The first-order valence-corrected chi connectivity index (χ1v) is 5.06. The van der Waals surface area contributed by atoms with Gasteiger partial charge in [0.05, 0.1) is 11.9 Å². The van der Waals surface area contributed by atoms with Crippen molar-refractivity contribution in [2.24, 2.45) is 5.73 Å². The van der Waals surface area contributed by atoms with Crippen LogP contribution in [0.1, 0.15) is 6.92 Å². The smallest absolute Gasteiger partial charge is 0.327 e. The van der Waals surface area contributed by atoms with Crippen molar-refractivity contribution in [2.45, 2.75) is 19.0 Å². The van der Waals surface area contributed by atoms with Crippen LogP contribution in [0.15, 0.2) is 0 Å². The highest BCUT2D eigenvalue weighted by Gasteiger charge is 2.35. The Hall–Kier alpha value is -0.750. The Labute approximate surface area is 80.3 Å². The molecule has 5 nitrogen and oxygen atoms in total. The third-order valence-corrected chi connectivity index (χ3v) is 2.85. The van der Waals surface area contributed by atoms with Crippen LogP contribution in [0.4, 0.5) is 0 Å². The van der Waals surface area contributed by atoms with Gasteiger partial charge < -0.3 is 15.7 Å². The van der Waals surface area contributed by atoms with Gasteiger partial charge in [-0.05, 0) is 6.92 Å². The van der Waals surface area contributed by atoms with Crippen molar-refractivity contribution in [2.75, 3.05) is 11.6 Å². The molecule has 0 spiro atoms. The van der Waals surface area contributed by atoms with Crippen molar-refractivity contribution in [3.8, 4) is 0 Å². The van der Waals surface area contributed by atoms with Gasteiger partial charge >= 0.3 is 5.97 Å². The monoisotopic (exact) mass is 204 g/mol. The van der Waals surface area contributed by atoms with E-state index >= 15 is 0 Å². The third kappa shape index (κ3) is 2.13. The molecule has 1 rings (SSSR count). The zero-order valence-corrected chi connectivity index (χ0v) is 8.08. The van der Waals surface area contributed by atoms with E-state index in [1.807, 2.05) is 0 Å². The van der Waals surface area contributed by atoms with E-state index in [1.54, 1.807) is 6.92 Å². The Balaban J connectivity index is 2.68. The van der Waals surface area contributed by atoms with Crippen LogP contribution in [0.2, 0.25) is 0 Å². The Morgan fingerprint density at radius 2 is 2.31 bits per heavy atom. The molecule has 3 N–H and O–H groups in total. The molecule has 0 aliphatic carbocycles. The molecule has 2 atom stereocenters. The van der Waals surface area contributed by atoms with Crippen LogP contribution in [-0.2, 0) is 9.59 Å². The average molecular weight is 204 g/mol. The summed E-state index contributed by atoms with van der Waals surface area (Å²) in [5, 5.41) is 8.77. The second kappa shape index (κ2) is 3.97. The molecule has 0 aromatic heterocycles. The molecular weight excluding hydrogens is 192 g/mol. The molecule has 0 radical (unpaired) electrons. The highest BCUT2D eigenvalue weighted by atomic mass is 32.2. The molecule has 1 aliphatic rings. The lowest BCUT2D eigenvalue weighted by Crippen LogP contribution is -2.48. The normalized spacial score (nSPS) is 24.5. The minimum atomic E-state index is -0.959. The maximum atomic E-state index is 11.4. The van der Waals surface area contributed by atoms with Crippen molar-refractivity contribution in [3.05, 3.63) is 0 Å². The van der Waals surface area contributed by atoms with Crippen LogP contribution in [-0.4, -0.2) is 45.6 Å². The number of carbonyl (C=O) groups is 2. The Bertz CT molecular complexity index is 232. The molecule has 1 saturated heterocycles. The Morgan fingerprint density at radius 1 is 1.69 bits per heavy atom. The Morgan fingerprint density at radius 3 is 2.77 bits per heavy atom. The summed E-state index contributed by atoms with van der Waals surface area (Å²) in [6.07, 6.45) is 0. The molecule has 0 aromatic rings. The predicted molar refractivity (Wildman–Crippen MR) is 49.2 cm³/mol. The lowest BCUT2D eigenvalue weighted by Gasteiger charge is -2.21. The zero-order valence-electron chi connectivity index (χ0n) is 7.27. The fraction of sp³-hybridized carbons (Fsp3) is 0.714. The molecule has 0 bridgehead atoms. The molecule has 13 heavy (non-hydrogen) atoms. The number of aliphatic carboxylic acids is 1. The first kappa shape index (κ1) is 10.3. The number of rotatable bonds is 2. The molecule has 74 valence electrons. The first-order chi connectivity index (χ1) is 6.04. The molecule has 1 unspecified atom stereocenters. The molecule has 1 amide bonds. The van der Waals surface area contributed by atoms with Gasteiger partial charge in [0.25, 0.3) is 0 Å². The van der Waals surface area contributed by atoms with E-state index in [1.165, 1.54) is 16.7 Å². The van der Waals surface area contributed by atoms with E-state index in [4.69, 9.17) is 10.8 Å². The van der Waals surface area contributed by atoms with E-state index in [0.717, 1.165) is 0 Å². The summed E-state index contributed by atoms with van der Waals surface area (Å²) in [6, 6.07) is -1.33. The summed E-state index contributed by atoms with van der Waals surface area (Å²) < 4.78 is 0. The van der Waals surface area contributed by atoms with Crippen molar-refractivity contribution >= 4 is 23.6 Å². The maximum absolute atomic E-state index is 11.4. The minimum Gasteiger partial charge on any atom is -0.480 e. The number of carbonyl (C=O) groups excluding carboxylic acids is 1. The summed E-state index contributed by atoms with van der Waals surface area (Å²) in [5.41, 5.74) is 5.38. The topological polar surface area (TPSA) is 83.6 Å². The van der Waals surface area contributed by atoms with Gasteiger partial charge in [0.1, 0.15) is 6.04 Å². The van der Waals surface area contributed by atoms with E-state index in [-0.39, 0.29) is 5.91 Å². The maximum Gasteiger partial charge on any atom is 0.327 e. The molecule has 0 aromatic carbocycles. The van der Waals surface area contributed by atoms with Crippen LogP contribution >= 0.6 is 11.8 Å². The van der Waals surface area contributed by atoms with Gasteiger partial charge in [0, 0.05) is 5.75 Å². The van der Waals surface area contributed by atoms with Gasteiger partial charge in [-0.25, -0.2) is 4.79 Å². The van der Waals surface area contributed by atoms with Crippen LogP contribution in [0.3, 0.4) is 0 Å². The average Bonchev–Trinajstić information content (AvgIpc) is 2.50. The molecule has 0 saturated carbocycles. The molecule has 1 fully saturated rings. The van der Waals surface area contributed by atoms with Crippen LogP contribution in [0.5, 0.6) is 0 Å². The summed E-state index contributed by atoms with van der Waals surface area (Å²) >= 11 is 1.43. The molecule has 6 heteroatoms. The molecule has 1 heterocycles. The standard InChI is InChI=1S/C7H12N2O3S/c1-4(8)6(10)9-3-13-2-5(9)7(11)12/h4-5H,2-3,8H2,1H3,(H,11,12)/t4-,5?/m1/s1. The summed E-state index contributed by atoms with van der Waals surface area (Å²) in [7, 11) is 0. The van der Waals surface area contributed by atoms with Gasteiger partial charge in [-0.15, -0.1) is 11.8 Å². The number of hydrogen-bond donors (Lipinski definition) is 2. The fourth-order valence-electron chi connectivity index (χ4n) is 1.13. The first-order valence-electron chi connectivity index (χ1n) is 3.90. The van der Waals surface area contributed by atoms with Crippen LogP contribution < -0.4 is 5.73 Å². The Kier molecular flexibility index (Phi) is 3.16. The largest absolute Gasteiger partial charge is 0.480 e. The lowest BCUT2D eigenvalue weighted by molar-refractivity contribution is -0.148. The molecule has 1 aliphatic heterocycles. The highest BCUT2D eigenvalue weighted by Crippen LogP contribution is 2.21. The number of thioether (sulfide) groups is 1. The van der Waals surface area contributed by atoms with Gasteiger partial charge in [-0.1, -0.05) is 0 Å². The van der Waals surface area contributed by atoms with Crippen LogP contribution in [0.25, 0.3) is 0 Å². The van der Waals surface area contributed by atoms with Gasteiger partial charge in [-0.3, -0.25) is 4.79 Å². The quantitative estimate of drug-likeness (QED) is 0.622. The van der Waals surface area contributed by atoms with E-state index in [2.05, 4.69) is 0 Å². The number of carboxylic acids is 1. The molecular formula is C7H12N2O3S. The van der Waals surface area contributed by atoms with E-state index in [0.29, 0.717) is 11.6 Å². The van der Waals surface area contributed by atoms with Crippen molar-refractivity contribution in [1.82, 2.24) is 4.90 Å². The predicted octanol–water partition coefficient (Wildman–Crippen LogP) is -0.680. The zero-order chi connectivity index (χ0) is 10.0. The second-order valence-electron chi connectivity index (χ2n) is 2.95. The number of amides is 1. The highest BCUT2D eigenvalue weighted by molar-refractivity contribution is 7.99. The SMILES string of the molecule is C[C@@H](N)C(=O)N1CSCC1C(=O)O. The second-order valence-corrected chi connectivity index (χ2v) is 3.95. The summed E-state index contributed by atoms with van der Waals surface area (Å²) in [6.45, 7) is 1.56. The van der Waals surface area contributed by atoms with Gasteiger partial charge in [0.2, 0.25) is 5.91 Å². The van der Waals surface area contributed by atoms with Gasteiger partial charge in [-0.2, -0.15) is 0 Å².